The molecular weight excluding hydrogens is 284 g/mol. The summed E-state index contributed by atoms with van der Waals surface area (Å²) in [5.74, 6) is 0. The van der Waals surface area contributed by atoms with Gasteiger partial charge in [0.25, 0.3) is 0 Å². The lowest BCUT2D eigenvalue weighted by molar-refractivity contribution is 1.12. The molecule has 1 aliphatic rings. The van der Waals surface area contributed by atoms with Gasteiger partial charge in [-0.3, -0.25) is 0 Å². The van der Waals surface area contributed by atoms with E-state index < -0.39 is 0 Å². The molecule has 1 heteroatoms. The van der Waals surface area contributed by atoms with Crippen LogP contribution in [0.2, 0.25) is 0 Å². The Balaban J connectivity index is 1.92. The number of hydrogen-bond donors (Lipinski definition) is 0. The van der Waals surface area contributed by atoms with Gasteiger partial charge in [-0.2, -0.15) is 0 Å². The van der Waals surface area contributed by atoms with Crippen molar-refractivity contribution >= 4 is 11.8 Å². The zero-order valence-corrected chi connectivity index (χ0v) is 13.7. The van der Waals surface area contributed by atoms with Crippen molar-refractivity contribution in [1.29, 1.82) is 0 Å². The van der Waals surface area contributed by atoms with Crippen LogP contribution in [0.15, 0.2) is 71.6 Å². The molecule has 0 aliphatic carbocycles. The first-order chi connectivity index (χ1) is 10.7. The summed E-state index contributed by atoms with van der Waals surface area (Å²) in [6, 6.07) is 24.6. The lowest BCUT2D eigenvalue weighted by atomic mass is 9.92. The van der Waals surface area contributed by atoms with E-state index >= 15 is 0 Å². The van der Waals surface area contributed by atoms with E-state index in [0.29, 0.717) is 5.25 Å². The molecule has 0 spiro atoms. The van der Waals surface area contributed by atoms with E-state index in [-0.39, 0.29) is 0 Å². The second-order valence-corrected chi connectivity index (χ2v) is 7.14. The summed E-state index contributed by atoms with van der Waals surface area (Å²) in [6.45, 7) is 4.32. The van der Waals surface area contributed by atoms with E-state index in [2.05, 4.69) is 80.6 Å². The van der Waals surface area contributed by atoms with Crippen LogP contribution in [0.5, 0.6) is 0 Å². The molecule has 0 bridgehead atoms. The molecule has 1 heterocycles. The molecule has 0 radical (unpaired) electrons. The Labute approximate surface area is 136 Å². The number of thioether (sulfide) groups is 1. The molecule has 1 atom stereocenters. The molecule has 108 valence electrons. The van der Waals surface area contributed by atoms with Crippen LogP contribution in [-0.4, -0.2) is 0 Å². The standard InChI is InChI=1S/C21H18S/c1-14-7-10-16(11-8-14)21-18-12-9-15(2)13-19(18)17-5-3-4-6-20(17)22-21/h3-13,21H,1-2H3. The molecular formula is C21H18S. The highest BCUT2D eigenvalue weighted by molar-refractivity contribution is 8.00. The zero-order valence-electron chi connectivity index (χ0n) is 12.8. The Morgan fingerprint density at radius 2 is 1.45 bits per heavy atom. The van der Waals surface area contributed by atoms with Gasteiger partial charge in [-0.25, -0.2) is 0 Å². The van der Waals surface area contributed by atoms with Crippen molar-refractivity contribution in [2.75, 3.05) is 0 Å². The fourth-order valence-electron chi connectivity index (χ4n) is 3.10. The maximum absolute atomic E-state index is 2.33. The fraction of sp³-hybridized carbons (Fsp3) is 0.143. The molecule has 3 aromatic carbocycles. The number of hydrogen-bond acceptors (Lipinski definition) is 1. The first-order valence-corrected chi connectivity index (χ1v) is 8.53. The minimum atomic E-state index is 0.381. The maximum atomic E-state index is 2.33. The van der Waals surface area contributed by atoms with E-state index in [1.54, 1.807) is 0 Å². The monoisotopic (exact) mass is 302 g/mol. The first kappa shape index (κ1) is 13.7. The van der Waals surface area contributed by atoms with Crippen molar-refractivity contribution in [2.24, 2.45) is 0 Å². The lowest BCUT2D eigenvalue weighted by Gasteiger charge is -2.28. The van der Waals surface area contributed by atoms with Gasteiger partial charge in [0.15, 0.2) is 0 Å². The summed E-state index contributed by atoms with van der Waals surface area (Å²) in [6.07, 6.45) is 0. The Morgan fingerprint density at radius 3 is 2.27 bits per heavy atom. The predicted molar refractivity (Wildman–Crippen MR) is 95.5 cm³/mol. The maximum Gasteiger partial charge on any atom is 0.0600 e. The third kappa shape index (κ3) is 2.26. The molecule has 0 nitrogen and oxygen atoms in total. The third-order valence-corrected chi connectivity index (χ3v) is 5.67. The van der Waals surface area contributed by atoms with Crippen molar-refractivity contribution in [1.82, 2.24) is 0 Å². The van der Waals surface area contributed by atoms with Gasteiger partial charge in [0.1, 0.15) is 0 Å². The highest BCUT2D eigenvalue weighted by Crippen LogP contribution is 2.51. The topological polar surface area (TPSA) is 0 Å². The van der Waals surface area contributed by atoms with Crippen LogP contribution < -0.4 is 0 Å². The van der Waals surface area contributed by atoms with E-state index in [1.165, 1.54) is 38.3 Å². The molecule has 0 saturated carbocycles. The normalized spacial score (nSPS) is 16.0. The van der Waals surface area contributed by atoms with Gasteiger partial charge in [-0.1, -0.05) is 71.8 Å². The van der Waals surface area contributed by atoms with Gasteiger partial charge >= 0.3 is 0 Å². The number of rotatable bonds is 1. The van der Waals surface area contributed by atoms with Gasteiger partial charge in [-0.05, 0) is 42.2 Å². The van der Waals surface area contributed by atoms with Crippen molar-refractivity contribution in [3.63, 3.8) is 0 Å². The molecule has 0 fully saturated rings. The summed E-state index contributed by atoms with van der Waals surface area (Å²) >= 11 is 1.96. The van der Waals surface area contributed by atoms with Crippen LogP contribution in [0.25, 0.3) is 11.1 Å². The molecule has 1 aliphatic heterocycles. The lowest BCUT2D eigenvalue weighted by Crippen LogP contribution is -2.05. The Hall–Kier alpha value is -1.99. The van der Waals surface area contributed by atoms with Crippen molar-refractivity contribution in [3.8, 4) is 11.1 Å². The van der Waals surface area contributed by atoms with Crippen LogP contribution in [0.1, 0.15) is 27.5 Å². The van der Waals surface area contributed by atoms with E-state index in [4.69, 9.17) is 0 Å². The highest BCUT2D eigenvalue weighted by Gasteiger charge is 2.26. The van der Waals surface area contributed by atoms with Gasteiger partial charge in [-0.15, -0.1) is 11.8 Å². The Kier molecular flexibility index (Phi) is 3.31. The minimum Gasteiger partial charge on any atom is -0.112 e. The predicted octanol–water partition coefficient (Wildman–Crippen LogP) is 6.17. The van der Waals surface area contributed by atoms with E-state index in [9.17, 15) is 0 Å². The molecule has 0 amide bonds. The molecule has 22 heavy (non-hydrogen) atoms. The molecule has 1 unspecified atom stereocenters. The summed E-state index contributed by atoms with van der Waals surface area (Å²) < 4.78 is 0. The second-order valence-electron chi connectivity index (χ2n) is 6.00. The molecule has 4 rings (SSSR count). The quantitative estimate of drug-likeness (QED) is 0.518. The van der Waals surface area contributed by atoms with Crippen LogP contribution in [0.3, 0.4) is 0 Å². The van der Waals surface area contributed by atoms with Gasteiger partial charge in [0.2, 0.25) is 0 Å². The summed E-state index contributed by atoms with van der Waals surface area (Å²) in [5.41, 5.74) is 8.21. The summed E-state index contributed by atoms with van der Waals surface area (Å²) in [5, 5.41) is 0.381. The van der Waals surface area contributed by atoms with E-state index in [0.717, 1.165) is 0 Å². The zero-order chi connectivity index (χ0) is 15.1. The average Bonchev–Trinajstić information content (AvgIpc) is 2.55. The number of benzene rings is 3. The van der Waals surface area contributed by atoms with Gasteiger partial charge in [0, 0.05) is 4.90 Å². The Morgan fingerprint density at radius 1 is 0.727 bits per heavy atom. The Bertz CT molecular complexity index is 831. The number of aryl methyl sites for hydroxylation is 2. The summed E-state index contributed by atoms with van der Waals surface area (Å²) in [4.78, 5) is 1.38. The SMILES string of the molecule is Cc1ccc(C2Sc3ccccc3-c3cc(C)ccc32)cc1. The molecule has 0 N–H and O–H groups in total. The van der Waals surface area contributed by atoms with Gasteiger partial charge in [0.05, 0.1) is 5.25 Å². The molecule has 3 aromatic rings. The fourth-order valence-corrected chi connectivity index (χ4v) is 4.44. The molecule has 0 aromatic heterocycles. The third-order valence-electron chi connectivity index (χ3n) is 4.29. The summed E-state index contributed by atoms with van der Waals surface area (Å²) in [7, 11) is 0. The molecule has 0 saturated heterocycles. The average molecular weight is 302 g/mol. The van der Waals surface area contributed by atoms with Gasteiger partial charge < -0.3 is 0 Å². The van der Waals surface area contributed by atoms with Crippen LogP contribution >= 0.6 is 11.8 Å². The van der Waals surface area contributed by atoms with Crippen molar-refractivity contribution < 1.29 is 0 Å². The van der Waals surface area contributed by atoms with Crippen LogP contribution in [0, 0.1) is 13.8 Å². The van der Waals surface area contributed by atoms with Crippen molar-refractivity contribution in [3.05, 3.63) is 89.0 Å². The van der Waals surface area contributed by atoms with Crippen LogP contribution in [-0.2, 0) is 0 Å². The number of fused-ring (bicyclic) bond motifs is 3. The minimum absolute atomic E-state index is 0.381. The highest BCUT2D eigenvalue weighted by atomic mass is 32.2. The second kappa shape index (κ2) is 5.33. The van der Waals surface area contributed by atoms with E-state index in [1.807, 2.05) is 11.8 Å². The van der Waals surface area contributed by atoms with Crippen molar-refractivity contribution in [2.45, 2.75) is 24.0 Å². The smallest absolute Gasteiger partial charge is 0.0600 e. The largest absolute Gasteiger partial charge is 0.112 e. The first-order valence-electron chi connectivity index (χ1n) is 7.65. The van der Waals surface area contributed by atoms with Crippen LogP contribution in [0.4, 0.5) is 0 Å².